The van der Waals surface area contributed by atoms with E-state index in [1.54, 1.807) is 0 Å². The molecule has 3 heteroatoms. The number of halogens is 1. The van der Waals surface area contributed by atoms with Gasteiger partial charge < -0.3 is 9.84 Å². The van der Waals surface area contributed by atoms with Crippen molar-refractivity contribution in [2.75, 3.05) is 13.2 Å². The van der Waals surface area contributed by atoms with Crippen LogP contribution in [0.15, 0.2) is 22.7 Å². The molecule has 1 aromatic carbocycles. The Morgan fingerprint density at radius 2 is 2.22 bits per heavy atom. The molecule has 0 spiro atoms. The molecule has 1 saturated heterocycles. The summed E-state index contributed by atoms with van der Waals surface area (Å²) in [6.45, 7) is 1.58. The molecule has 0 saturated carbocycles. The zero-order valence-electron chi connectivity index (χ0n) is 10.5. The average Bonchev–Trinajstić information content (AvgIpc) is 2.40. The SMILES string of the molecule is OC1(C2CCCOC2)CCc2cc(Br)ccc2C1. The molecule has 0 amide bonds. The first-order valence-corrected chi connectivity index (χ1v) is 7.54. The molecular formula is C15H19BrO2. The molecule has 1 aliphatic heterocycles. The Hall–Kier alpha value is -0.380. The smallest absolute Gasteiger partial charge is 0.0741 e. The second-order valence-corrected chi connectivity index (χ2v) is 6.52. The molecule has 1 aromatic rings. The maximum absolute atomic E-state index is 10.9. The summed E-state index contributed by atoms with van der Waals surface area (Å²) in [7, 11) is 0. The van der Waals surface area contributed by atoms with Crippen molar-refractivity contribution in [2.24, 2.45) is 5.92 Å². The number of hydrogen-bond acceptors (Lipinski definition) is 2. The van der Waals surface area contributed by atoms with Crippen molar-refractivity contribution < 1.29 is 9.84 Å². The summed E-state index contributed by atoms with van der Waals surface area (Å²) in [4.78, 5) is 0. The summed E-state index contributed by atoms with van der Waals surface area (Å²) in [5.41, 5.74) is 2.13. The van der Waals surface area contributed by atoms with E-state index in [2.05, 4.69) is 34.1 Å². The van der Waals surface area contributed by atoms with E-state index in [9.17, 15) is 5.11 Å². The quantitative estimate of drug-likeness (QED) is 0.863. The van der Waals surface area contributed by atoms with Crippen molar-refractivity contribution in [2.45, 2.75) is 37.7 Å². The van der Waals surface area contributed by atoms with E-state index in [1.807, 2.05) is 0 Å². The topological polar surface area (TPSA) is 29.5 Å². The predicted octanol–water partition coefficient (Wildman–Crippen LogP) is 3.10. The number of hydrogen-bond donors (Lipinski definition) is 1. The van der Waals surface area contributed by atoms with Crippen LogP contribution in [-0.2, 0) is 17.6 Å². The van der Waals surface area contributed by atoms with Gasteiger partial charge in [-0.1, -0.05) is 22.0 Å². The highest BCUT2D eigenvalue weighted by Crippen LogP contribution is 2.38. The van der Waals surface area contributed by atoms with Crippen LogP contribution in [-0.4, -0.2) is 23.9 Å². The first kappa shape index (κ1) is 12.6. The van der Waals surface area contributed by atoms with Gasteiger partial charge in [0.05, 0.1) is 12.2 Å². The Bertz CT molecular complexity index is 440. The summed E-state index contributed by atoms with van der Waals surface area (Å²) in [6.07, 6.45) is 4.80. The molecule has 1 heterocycles. The van der Waals surface area contributed by atoms with E-state index in [0.29, 0.717) is 5.92 Å². The van der Waals surface area contributed by atoms with Gasteiger partial charge >= 0.3 is 0 Å². The summed E-state index contributed by atoms with van der Waals surface area (Å²) in [6, 6.07) is 6.40. The van der Waals surface area contributed by atoms with Crippen molar-refractivity contribution in [3.05, 3.63) is 33.8 Å². The lowest BCUT2D eigenvalue weighted by Crippen LogP contribution is -2.46. The summed E-state index contributed by atoms with van der Waals surface area (Å²) in [5, 5.41) is 10.9. The third-order valence-electron chi connectivity index (χ3n) is 4.41. The van der Waals surface area contributed by atoms with Crippen LogP contribution in [0.25, 0.3) is 0 Å². The minimum absolute atomic E-state index is 0.308. The van der Waals surface area contributed by atoms with Gasteiger partial charge in [0.15, 0.2) is 0 Å². The van der Waals surface area contributed by atoms with Crippen LogP contribution in [0.3, 0.4) is 0 Å². The molecule has 98 valence electrons. The molecule has 2 atom stereocenters. The van der Waals surface area contributed by atoms with Crippen molar-refractivity contribution in [1.29, 1.82) is 0 Å². The Labute approximate surface area is 116 Å². The van der Waals surface area contributed by atoms with E-state index >= 15 is 0 Å². The zero-order chi connectivity index (χ0) is 12.6. The molecule has 1 N–H and O–H groups in total. The van der Waals surface area contributed by atoms with Crippen LogP contribution >= 0.6 is 15.9 Å². The standard InChI is InChI=1S/C15H19BrO2/c16-14-4-3-12-9-15(17,6-5-11(12)8-14)13-2-1-7-18-10-13/h3-4,8,13,17H,1-2,5-7,9-10H2. The lowest BCUT2D eigenvalue weighted by molar-refractivity contribution is -0.0861. The van der Waals surface area contributed by atoms with E-state index in [1.165, 1.54) is 11.1 Å². The first-order valence-electron chi connectivity index (χ1n) is 6.75. The van der Waals surface area contributed by atoms with E-state index < -0.39 is 5.60 Å². The fraction of sp³-hybridized carbons (Fsp3) is 0.600. The summed E-state index contributed by atoms with van der Waals surface area (Å²) < 4.78 is 6.67. The van der Waals surface area contributed by atoms with Crippen LogP contribution in [0.2, 0.25) is 0 Å². The van der Waals surface area contributed by atoms with Gasteiger partial charge in [0.2, 0.25) is 0 Å². The Morgan fingerprint density at radius 1 is 1.33 bits per heavy atom. The molecule has 3 rings (SSSR count). The fourth-order valence-electron chi connectivity index (χ4n) is 3.28. The highest BCUT2D eigenvalue weighted by molar-refractivity contribution is 9.10. The molecule has 2 aliphatic rings. The third kappa shape index (κ3) is 2.36. The van der Waals surface area contributed by atoms with Crippen LogP contribution in [0.1, 0.15) is 30.4 Å². The molecule has 18 heavy (non-hydrogen) atoms. The number of aryl methyl sites for hydroxylation is 1. The lowest BCUT2D eigenvalue weighted by atomic mass is 9.71. The van der Waals surface area contributed by atoms with Gasteiger partial charge in [-0.05, 0) is 48.9 Å². The average molecular weight is 311 g/mol. The molecule has 1 fully saturated rings. The summed E-state index contributed by atoms with van der Waals surface area (Å²) >= 11 is 3.51. The summed E-state index contributed by atoms with van der Waals surface area (Å²) in [5.74, 6) is 0.308. The van der Waals surface area contributed by atoms with Gasteiger partial charge in [0.1, 0.15) is 0 Å². The van der Waals surface area contributed by atoms with Gasteiger partial charge in [0, 0.05) is 23.4 Å². The zero-order valence-corrected chi connectivity index (χ0v) is 12.1. The molecule has 2 unspecified atom stereocenters. The fourth-order valence-corrected chi connectivity index (χ4v) is 3.69. The monoisotopic (exact) mass is 310 g/mol. The van der Waals surface area contributed by atoms with Crippen molar-refractivity contribution in [3.63, 3.8) is 0 Å². The Kier molecular flexibility index (Phi) is 3.48. The maximum atomic E-state index is 10.9. The Morgan fingerprint density at radius 3 is 3.00 bits per heavy atom. The maximum Gasteiger partial charge on any atom is 0.0741 e. The van der Waals surface area contributed by atoms with Gasteiger partial charge in [0.25, 0.3) is 0 Å². The van der Waals surface area contributed by atoms with E-state index in [4.69, 9.17) is 4.74 Å². The second kappa shape index (κ2) is 4.95. The highest BCUT2D eigenvalue weighted by Gasteiger charge is 2.40. The molecule has 2 nitrogen and oxygen atoms in total. The molecule has 0 bridgehead atoms. The van der Waals surface area contributed by atoms with Crippen LogP contribution in [0.4, 0.5) is 0 Å². The molecule has 1 aliphatic carbocycles. The van der Waals surface area contributed by atoms with Gasteiger partial charge in [-0.2, -0.15) is 0 Å². The molecule has 0 aromatic heterocycles. The van der Waals surface area contributed by atoms with Gasteiger partial charge in [-0.3, -0.25) is 0 Å². The Balaban J connectivity index is 1.82. The van der Waals surface area contributed by atoms with Crippen LogP contribution in [0, 0.1) is 5.92 Å². The van der Waals surface area contributed by atoms with Crippen molar-refractivity contribution in [3.8, 4) is 0 Å². The highest BCUT2D eigenvalue weighted by atomic mass is 79.9. The number of aliphatic hydroxyl groups is 1. The number of rotatable bonds is 1. The number of ether oxygens (including phenoxy) is 1. The first-order chi connectivity index (χ1) is 8.67. The third-order valence-corrected chi connectivity index (χ3v) is 4.91. The van der Waals surface area contributed by atoms with E-state index in [0.717, 1.165) is 49.8 Å². The minimum atomic E-state index is -0.554. The van der Waals surface area contributed by atoms with Crippen molar-refractivity contribution in [1.82, 2.24) is 0 Å². The van der Waals surface area contributed by atoms with Gasteiger partial charge in [-0.25, -0.2) is 0 Å². The van der Waals surface area contributed by atoms with Crippen LogP contribution < -0.4 is 0 Å². The predicted molar refractivity (Wildman–Crippen MR) is 74.7 cm³/mol. The lowest BCUT2D eigenvalue weighted by Gasteiger charge is -2.41. The van der Waals surface area contributed by atoms with E-state index in [-0.39, 0.29) is 0 Å². The van der Waals surface area contributed by atoms with Crippen molar-refractivity contribution >= 4 is 15.9 Å². The number of fused-ring (bicyclic) bond motifs is 1. The minimum Gasteiger partial charge on any atom is -0.389 e. The molecular weight excluding hydrogens is 292 g/mol. The van der Waals surface area contributed by atoms with Gasteiger partial charge in [-0.15, -0.1) is 0 Å². The normalized spacial score (nSPS) is 32.0. The number of benzene rings is 1. The molecule has 0 radical (unpaired) electrons. The largest absolute Gasteiger partial charge is 0.389 e. The van der Waals surface area contributed by atoms with Crippen LogP contribution in [0.5, 0.6) is 0 Å². The second-order valence-electron chi connectivity index (χ2n) is 5.61.